The largest absolute Gasteiger partial charge is 0.480 e. The number of amides is 1. The molecule has 1 aliphatic heterocycles. The van der Waals surface area contributed by atoms with Crippen LogP contribution >= 0.6 is 0 Å². The number of hydrogen-bond donors (Lipinski definition) is 0. The lowest BCUT2D eigenvalue weighted by molar-refractivity contribution is -0.139. The number of rotatable bonds is 6. The van der Waals surface area contributed by atoms with Crippen LogP contribution in [0.2, 0.25) is 0 Å². The molecule has 7 heteroatoms. The number of hydrogen-bond acceptors (Lipinski definition) is 5. The Hall–Kier alpha value is -2.83. The fourth-order valence-electron chi connectivity index (χ4n) is 4.67. The monoisotopic (exact) mass is 411 g/mol. The van der Waals surface area contributed by atoms with Crippen LogP contribution in [0.3, 0.4) is 0 Å². The van der Waals surface area contributed by atoms with E-state index in [1.165, 1.54) is 25.7 Å². The molecule has 2 aliphatic rings. The van der Waals surface area contributed by atoms with Crippen molar-refractivity contribution in [2.45, 2.75) is 51.5 Å². The number of benzene rings is 1. The molecule has 1 aliphatic carbocycles. The minimum Gasteiger partial charge on any atom is -0.480 e. The van der Waals surface area contributed by atoms with E-state index in [1.54, 1.807) is 17.8 Å². The van der Waals surface area contributed by atoms with Crippen molar-refractivity contribution in [3.63, 3.8) is 0 Å². The van der Waals surface area contributed by atoms with Gasteiger partial charge in [0.2, 0.25) is 5.69 Å². The molecule has 7 nitrogen and oxygen atoms in total. The maximum atomic E-state index is 13.0. The summed E-state index contributed by atoms with van der Waals surface area (Å²) in [5, 5.41) is 4.35. The van der Waals surface area contributed by atoms with E-state index in [9.17, 15) is 9.59 Å². The Morgan fingerprint density at radius 2 is 1.87 bits per heavy atom. The molecule has 1 aromatic heterocycles. The van der Waals surface area contributed by atoms with Gasteiger partial charge < -0.3 is 14.4 Å². The van der Waals surface area contributed by atoms with E-state index in [1.807, 2.05) is 35.2 Å². The van der Waals surface area contributed by atoms with Gasteiger partial charge in [0.25, 0.3) is 5.91 Å². The first-order valence-corrected chi connectivity index (χ1v) is 10.9. The van der Waals surface area contributed by atoms with Crippen LogP contribution in [0.25, 0.3) is 5.69 Å². The van der Waals surface area contributed by atoms with Crippen LogP contribution in [0.4, 0.5) is 0 Å². The summed E-state index contributed by atoms with van der Waals surface area (Å²) in [5.41, 5.74) is 0.882. The molecule has 0 spiro atoms. The van der Waals surface area contributed by atoms with Crippen molar-refractivity contribution < 1.29 is 19.1 Å². The molecule has 0 N–H and O–H groups in total. The smallest absolute Gasteiger partial charge is 0.362 e. The second-order valence-electron chi connectivity index (χ2n) is 7.97. The van der Waals surface area contributed by atoms with Crippen LogP contribution in [0.5, 0.6) is 5.75 Å². The lowest BCUT2D eigenvalue weighted by Crippen LogP contribution is -2.51. The fraction of sp³-hybridized carbons (Fsp3) is 0.522. The van der Waals surface area contributed by atoms with Gasteiger partial charge >= 0.3 is 5.97 Å². The van der Waals surface area contributed by atoms with Gasteiger partial charge in [0.1, 0.15) is 0 Å². The summed E-state index contributed by atoms with van der Waals surface area (Å²) in [6.07, 6.45) is 8.64. The third-order valence-corrected chi connectivity index (χ3v) is 6.08. The summed E-state index contributed by atoms with van der Waals surface area (Å²) in [5.74, 6) is 0.309. The van der Waals surface area contributed by atoms with E-state index >= 15 is 0 Å². The zero-order valence-electron chi connectivity index (χ0n) is 17.5. The van der Waals surface area contributed by atoms with Crippen molar-refractivity contribution in [3.8, 4) is 11.4 Å². The van der Waals surface area contributed by atoms with Gasteiger partial charge in [0.05, 0.1) is 18.5 Å². The molecule has 1 amide bonds. The van der Waals surface area contributed by atoms with Gasteiger partial charge in [-0.15, -0.1) is 0 Å². The molecular formula is C23H29N3O4. The van der Waals surface area contributed by atoms with E-state index < -0.39 is 5.97 Å². The number of piperidine rings is 1. The Morgan fingerprint density at radius 3 is 2.67 bits per heavy atom. The number of likely N-dealkylation sites (tertiary alicyclic amines) is 1. The van der Waals surface area contributed by atoms with Crippen molar-refractivity contribution >= 4 is 11.9 Å². The van der Waals surface area contributed by atoms with Crippen LogP contribution in [0, 0.1) is 5.92 Å². The summed E-state index contributed by atoms with van der Waals surface area (Å²) in [6, 6.07) is 9.79. The molecule has 4 rings (SSSR count). The fourth-order valence-corrected chi connectivity index (χ4v) is 4.67. The van der Waals surface area contributed by atoms with E-state index in [2.05, 4.69) is 5.10 Å². The first-order chi connectivity index (χ1) is 14.7. The van der Waals surface area contributed by atoms with Crippen LogP contribution < -0.4 is 4.74 Å². The first-order valence-electron chi connectivity index (χ1n) is 10.9. The number of para-hydroxylation sites is 1. The maximum Gasteiger partial charge on any atom is 0.362 e. The first kappa shape index (κ1) is 20.4. The van der Waals surface area contributed by atoms with Crippen LogP contribution in [-0.4, -0.2) is 52.4 Å². The molecular weight excluding hydrogens is 382 g/mol. The van der Waals surface area contributed by atoms with Crippen LogP contribution in [0.15, 0.2) is 36.5 Å². The molecule has 2 aromatic rings. The number of ether oxygens (including phenoxy) is 2. The second-order valence-corrected chi connectivity index (χ2v) is 7.97. The highest BCUT2D eigenvalue weighted by molar-refractivity contribution is 5.90. The van der Waals surface area contributed by atoms with E-state index in [4.69, 9.17) is 9.47 Å². The standard InChI is InChI=1S/C23H29N3O4/c1-2-29-23(28)22-20(15-26(24-22)18-11-4-3-5-12-18)30-16-21(27)25-14-8-10-17-9-6-7-13-19(17)25/h3-5,11-12,15,17,19H,2,6-10,13-14,16H2,1H3. The molecule has 1 saturated heterocycles. The number of aromatic nitrogens is 2. The second kappa shape index (κ2) is 9.32. The highest BCUT2D eigenvalue weighted by Crippen LogP contribution is 2.35. The molecule has 2 atom stereocenters. The van der Waals surface area contributed by atoms with Crippen molar-refractivity contribution in [3.05, 3.63) is 42.2 Å². The van der Waals surface area contributed by atoms with Gasteiger partial charge in [-0.3, -0.25) is 4.79 Å². The number of esters is 1. The Labute approximate surface area is 177 Å². The van der Waals surface area contributed by atoms with Crippen LogP contribution in [-0.2, 0) is 9.53 Å². The van der Waals surface area contributed by atoms with Crippen molar-refractivity contribution in [2.75, 3.05) is 19.8 Å². The van der Waals surface area contributed by atoms with Gasteiger partial charge in [-0.05, 0) is 50.7 Å². The summed E-state index contributed by atoms with van der Waals surface area (Å²) in [7, 11) is 0. The molecule has 2 unspecified atom stereocenters. The molecule has 2 fully saturated rings. The maximum absolute atomic E-state index is 13.0. The average molecular weight is 412 g/mol. The quantitative estimate of drug-likeness (QED) is 0.679. The zero-order valence-corrected chi connectivity index (χ0v) is 17.5. The molecule has 2 heterocycles. The van der Waals surface area contributed by atoms with Crippen molar-refractivity contribution in [2.24, 2.45) is 5.92 Å². The molecule has 0 radical (unpaired) electrons. The average Bonchev–Trinajstić information content (AvgIpc) is 3.22. The van der Waals surface area contributed by atoms with Crippen molar-refractivity contribution in [1.29, 1.82) is 0 Å². The third kappa shape index (κ3) is 4.35. The summed E-state index contributed by atoms with van der Waals surface area (Å²) >= 11 is 0. The van der Waals surface area contributed by atoms with Gasteiger partial charge in [0.15, 0.2) is 12.4 Å². The normalized spacial score (nSPS) is 21.0. The number of nitrogens with zero attached hydrogens (tertiary/aromatic N) is 3. The van der Waals surface area contributed by atoms with Crippen LogP contribution in [0.1, 0.15) is 55.9 Å². The van der Waals surface area contributed by atoms with Gasteiger partial charge in [-0.25, -0.2) is 9.48 Å². The zero-order chi connectivity index (χ0) is 20.9. The van der Waals surface area contributed by atoms with E-state index in [0.717, 1.165) is 25.1 Å². The minimum atomic E-state index is -0.556. The Morgan fingerprint density at radius 1 is 1.10 bits per heavy atom. The number of fused-ring (bicyclic) bond motifs is 1. The molecule has 160 valence electrons. The minimum absolute atomic E-state index is 0.0196. The number of carbonyl (C=O) groups is 2. The Kier molecular flexibility index (Phi) is 6.35. The van der Waals surface area contributed by atoms with E-state index in [-0.39, 0.29) is 30.6 Å². The summed E-state index contributed by atoms with van der Waals surface area (Å²) in [6.45, 7) is 2.67. The summed E-state index contributed by atoms with van der Waals surface area (Å²) in [4.78, 5) is 27.3. The topological polar surface area (TPSA) is 73.7 Å². The number of carbonyl (C=O) groups excluding carboxylic acids is 2. The molecule has 30 heavy (non-hydrogen) atoms. The molecule has 1 aromatic carbocycles. The van der Waals surface area contributed by atoms with E-state index in [0.29, 0.717) is 12.0 Å². The predicted octanol–water partition coefficient (Wildman–Crippen LogP) is 3.61. The summed E-state index contributed by atoms with van der Waals surface area (Å²) < 4.78 is 12.5. The highest BCUT2D eigenvalue weighted by Gasteiger charge is 2.36. The molecule has 1 saturated carbocycles. The Balaban J connectivity index is 1.49. The third-order valence-electron chi connectivity index (χ3n) is 6.08. The van der Waals surface area contributed by atoms with Gasteiger partial charge in [-0.1, -0.05) is 31.0 Å². The van der Waals surface area contributed by atoms with Gasteiger partial charge in [-0.2, -0.15) is 5.10 Å². The highest BCUT2D eigenvalue weighted by atomic mass is 16.5. The lowest BCUT2D eigenvalue weighted by atomic mass is 9.78. The predicted molar refractivity (Wildman–Crippen MR) is 112 cm³/mol. The van der Waals surface area contributed by atoms with Gasteiger partial charge in [0, 0.05) is 12.6 Å². The SMILES string of the molecule is CCOC(=O)c1nn(-c2ccccc2)cc1OCC(=O)N1CCCC2CCCCC21. The lowest BCUT2D eigenvalue weighted by Gasteiger charge is -2.44. The Bertz CT molecular complexity index is 878. The molecule has 0 bridgehead atoms. The van der Waals surface area contributed by atoms with Crippen molar-refractivity contribution in [1.82, 2.24) is 14.7 Å².